The van der Waals surface area contributed by atoms with E-state index in [1.807, 2.05) is 0 Å². The number of likely N-dealkylation sites (N-methyl/N-ethyl adjacent to an activating group) is 1. The van der Waals surface area contributed by atoms with Gasteiger partial charge in [-0.1, -0.05) is 0 Å². The lowest BCUT2D eigenvalue weighted by molar-refractivity contribution is -0.323. The molecule has 0 spiro atoms. The topological polar surface area (TPSA) is 58.6 Å². The molecule has 0 aliphatic carbocycles. The van der Waals surface area contributed by atoms with E-state index >= 15 is 0 Å². The van der Waals surface area contributed by atoms with Gasteiger partial charge >= 0.3 is 6.36 Å². The first kappa shape index (κ1) is 13.7. The zero-order chi connectivity index (χ0) is 10.0. The number of carboxylic acid groups (broad SMARTS) is 1. The van der Waals surface area contributed by atoms with Crippen molar-refractivity contribution in [1.29, 1.82) is 0 Å². The second-order valence-corrected chi connectivity index (χ2v) is 1.50. The summed E-state index contributed by atoms with van der Waals surface area (Å²) in [4.78, 5) is 8.36. The smallest absolute Gasteiger partial charge is 0.483 e. The van der Waals surface area contributed by atoms with E-state index in [1.54, 1.807) is 7.05 Å². The van der Waals surface area contributed by atoms with Crippen LogP contribution in [-0.2, 0) is 9.53 Å². The fourth-order valence-electron chi connectivity index (χ4n) is 0.269. The molecule has 0 amide bonds. The molecule has 0 atom stereocenters. The maximum absolute atomic E-state index is 11.1. The van der Waals surface area contributed by atoms with Crippen molar-refractivity contribution < 1.29 is 27.8 Å². The number of alkyl halides is 3. The van der Waals surface area contributed by atoms with Gasteiger partial charge in [-0.3, -0.25) is 9.53 Å². The highest BCUT2D eigenvalue weighted by atomic mass is 19.4. The van der Waals surface area contributed by atoms with Gasteiger partial charge in [0.1, 0.15) is 0 Å². The fourth-order valence-corrected chi connectivity index (χ4v) is 0.269. The summed E-state index contributed by atoms with van der Waals surface area (Å²) in [5, 5.41) is 9.40. The van der Waals surface area contributed by atoms with Crippen LogP contribution < -0.4 is 5.32 Å². The molecule has 2 N–H and O–H groups in total. The third kappa shape index (κ3) is 22.9. The van der Waals surface area contributed by atoms with Crippen LogP contribution in [0.4, 0.5) is 13.2 Å². The molecule has 0 bridgehead atoms. The van der Waals surface area contributed by atoms with Gasteiger partial charge in [0.15, 0.2) is 0 Å². The molecule has 12 heavy (non-hydrogen) atoms. The Morgan fingerprint density at radius 1 is 1.58 bits per heavy atom. The first-order chi connectivity index (χ1) is 5.47. The van der Waals surface area contributed by atoms with Gasteiger partial charge in [-0.2, -0.15) is 0 Å². The quantitative estimate of drug-likeness (QED) is 0.499. The van der Waals surface area contributed by atoms with E-state index in [4.69, 9.17) is 9.90 Å². The molecule has 0 aliphatic heterocycles. The first-order valence-electron chi connectivity index (χ1n) is 2.91. The van der Waals surface area contributed by atoms with Gasteiger partial charge < -0.3 is 10.4 Å². The van der Waals surface area contributed by atoms with Crippen molar-refractivity contribution in [2.45, 2.75) is 6.36 Å². The van der Waals surface area contributed by atoms with Crippen LogP contribution in [-0.4, -0.2) is 38.1 Å². The molecule has 0 saturated carbocycles. The van der Waals surface area contributed by atoms with Crippen LogP contribution in [0.1, 0.15) is 0 Å². The Balaban J connectivity index is 0. The number of ether oxygens (including phenoxy) is 1. The lowest BCUT2D eigenvalue weighted by Crippen LogP contribution is -2.21. The Morgan fingerprint density at radius 3 is 2.25 bits per heavy atom. The monoisotopic (exact) mass is 189 g/mol. The largest absolute Gasteiger partial charge is 0.522 e. The van der Waals surface area contributed by atoms with Crippen LogP contribution in [0.25, 0.3) is 0 Å². The molecule has 0 radical (unpaired) electrons. The van der Waals surface area contributed by atoms with E-state index < -0.39 is 6.36 Å². The normalized spacial score (nSPS) is 10.0. The molecule has 0 fully saturated rings. The summed E-state index contributed by atoms with van der Waals surface area (Å²) >= 11 is 0. The van der Waals surface area contributed by atoms with Gasteiger partial charge in [0, 0.05) is 6.54 Å². The molecule has 0 aromatic rings. The Hall–Kier alpha value is -0.820. The average Bonchev–Trinajstić information content (AvgIpc) is 1.87. The number of hydrogen-bond acceptors (Lipinski definition) is 3. The van der Waals surface area contributed by atoms with Crippen molar-refractivity contribution in [3.05, 3.63) is 0 Å². The van der Waals surface area contributed by atoms with E-state index in [0.29, 0.717) is 0 Å². The molecule has 0 aliphatic rings. The number of carbonyl (C=O) groups is 1. The molecule has 0 saturated heterocycles. The third-order valence-corrected chi connectivity index (χ3v) is 0.618. The van der Waals surface area contributed by atoms with E-state index in [2.05, 4.69) is 10.1 Å². The van der Waals surface area contributed by atoms with E-state index in [9.17, 15) is 13.2 Å². The van der Waals surface area contributed by atoms with Crippen LogP contribution >= 0.6 is 0 Å². The van der Waals surface area contributed by atoms with Crippen molar-refractivity contribution in [3.63, 3.8) is 0 Å². The van der Waals surface area contributed by atoms with E-state index in [-0.39, 0.29) is 19.6 Å². The maximum atomic E-state index is 11.1. The second kappa shape index (κ2) is 8.28. The second-order valence-electron chi connectivity index (χ2n) is 1.50. The van der Waals surface area contributed by atoms with Gasteiger partial charge in [-0.15, -0.1) is 13.2 Å². The summed E-state index contributed by atoms with van der Waals surface area (Å²) < 4.78 is 36.8. The van der Waals surface area contributed by atoms with Crippen LogP contribution in [0.5, 0.6) is 0 Å². The average molecular weight is 189 g/mol. The zero-order valence-corrected chi connectivity index (χ0v) is 6.39. The third-order valence-electron chi connectivity index (χ3n) is 0.618. The number of nitrogens with one attached hydrogen (secondary N) is 1. The highest BCUT2D eigenvalue weighted by Gasteiger charge is 2.28. The fraction of sp³-hybridized carbons (Fsp3) is 0.800. The van der Waals surface area contributed by atoms with Crippen molar-refractivity contribution >= 4 is 6.47 Å². The summed E-state index contributed by atoms with van der Waals surface area (Å²) in [5.41, 5.74) is 0. The Labute approximate surface area is 67.3 Å². The number of halogens is 3. The predicted octanol–water partition coefficient (Wildman–Crippen LogP) is 0.443. The van der Waals surface area contributed by atoms with Crippen LogP contribution in [0.2, 0.25) is 0 Å². The lowest BCUT2D eigenvalue weighted by atomic mass is 10.7. The first-order valence-corrected chi connectivity index (χ1v) is 2.91. The molecular formula is C5H10F3NO3. The Morgan fingerprint density at radius 2 is 2.00 bits per heavy atom. The molecule has 0 rings (SSSR count). The zero-order valence-electron chi connectivity index (χ0n) is 6.39. The SMILES string of the molecule is CNCCOC(F)(F)F.O=CO. The van der Waals surface area contributed by atoms with Crippen molar-refractivity contribution in [1.82, 2.24) is 5.32 Å². The van der Waals surface area contributed by atoms with Crippen LogP contribution in [0, 0.1) is 0 Å². The predicted molar refractivity (Wildman–Crippen MR) is 34.6 cm³/mol. The minimum Gasteiger partial charge on any atom is -0.483 e. The van der Waals surface area contributed by atoms with Crippen LogP contribution in [0.3, 0.4) is 0 Å². The molecule has 0 aromatic heterocycles. The molecule has 0 unspecified atom stereocenters. The van der Waals surface area contributed by atoms with Crippen molar-refractivity contribution in [2.24, 2.45) is 0 Å². The molecule has 7 heteroatoms. The summed E-state index contributed by atoms with van der Waals surface area (Å²) in [6, 6.07) is 0. The van der Waals surface area contributed by atoms with Crippen molar-refractivity contribution in [3.8, 4) is 0 Å². The Kier molecular flexibility index (Phi) is 9.48. The van der Waals surface area contributed by atoms with E-state index in [0.717, 1.165) is 0 Å². The summed E-state index contributed by atoms with van der Waals surface area (Å²) in [6.07, 6.45) is -4.49. The van der Waals surface area contributed by atoms with Gasteiger partial charge in [0.05, 0.1) is 6.61 Å². The van der Waals surface area contributed by atoms with Gasteiger partial charge in [0.25, 0.3) is 6.47 Å². The minimum absolute atomic E-state index is 0.208. The summed E-state index contributed by atoms with van der Waals surface area (Å²) in [7, 11) is 1.56. The minimum atomic E-state index is -4.49. The standard InChI is InChI=1S/C4H8F3NO.CH2O2/c1-8-2-3-9-4(5,6)7;2-1-3/h8H,2-3H2,1H3;1H,(H,2,3). The Bertz CT molecular complexity index is 107. The highest BCUT2D eigenvalue weighted by molar-refractivity contribution is 5.32. The molecule has 4 nitrogen and oxygen atoms in total. The molecule has 0 aromatic carbocycles. The highest BCUT2D eigenvalue weighted by Crippen LogP contribution is 2.14. The van der Waals surface area contributed by atoms with E-state index in [1.165, 1.54) is 0 Å². The lowest BCUT2D eigenvalue weighted by Gasteiger charge is -2.05. The van der Waals surface area contributed by atoms with Gasteiger partial charge in [-0.05, 0) is 7.05 Å². The molecule has 0 heterocycles. The van der Waals surface area contributed by atoms with Crippen molar-refractivity contribution in [2.75, 3.05) is 20.2 Å². The van der Waals surface area contributed by atoms with Gasteiger partial charge in [-0.25, -0.2) is 0 Å². The molecule has 74 valence electrons. The maximum Gasteiger partial charge on any atom is 0.522 e. The molecular weight excluding hydrogens is 179 g/mol. The number of hydrogen-bond donors (Lipinski definition) is 2. The number of rotatable bonds is 3. The van der Waals surface area contributed by atoms with Gasteiger partial charge in [0.2, 0.25) is 0 Å². The summed E-state index contributed by atoms with van der Waals surface area (Å²) in [6.45, 7) is -0.375. The van der Waals surface area contributed by atoms with Crippen LogP contribution in [0.15, 0.2) is 0 Å². The summed E-state index contributed by atoms with van der Waals surface area (Å²) in [5.74, 6) is 0.